The molecule has 2 heterocycles. The highest BCUT2D eigenvalue weighted by Gasteiger charge is 2.34. The van der Waals surface area contributed by atoms with Gasteiger partial charge in [-0.05, 0) is 37.1 Å². The Morgan fingerprint density at radius 3 is 2.64 bits per heavy atom. The predicted octanol–water partition coefficient (Wildman–Crippen LogP) is 1.61. The van der Waals surface area contributed by atoms with E-state index in [-0.39, 0.29) is 0 Å². The quantitative estimate of drug-likeness (QED) is 0.794. The van der Waals surface area contributed by atoms with Crippen LogP contribution in [0.3, 0.4) is 0 Å². The minimum absolute atomic E-state index is 0.351. The zero-order chi connectivity index (χ0) is 18.0. The van der Waals surface area contributed by atoms with Gasteiger partial charge in [-0.2, -0.15) is 4.98 Å². The molecular formula is C16H22N4O4S. The van der Waals surface area contributed by atoms with Crippen molar-refractivity contribution >= 4 is 16.0 Å². The molecule has 1 atom stereocenters. The van der Waals surface area contributed by atoms with Gasteiger partial charge in [0, 0.05) is 32.7 Å². The maximum atomic E-state index is 12.4. The summed E-state index contributed by atoms with van der Waals surface area (Å²) in [5, 5.41) is 3.55. The first-order chi connectivity index (χ1) is 11.9. The summed E-state index contributed by atoms with van der Waals surface area (Å²) >= 11 is 0. The molecule has 1 aromatic heterocycles. The Hall–Kier alpha value is -2.13. The molecule has 0 amide bonds. The number of hydrogen-bond donors (Lipinski definition) is 0. The molecule has 1 aliphatic heterocycles. The molecule has 1 aromatic carbocycles. The molecule has 0 saturated carbocycles. The van der Waals surface area contributed by atoms with Gasteiger partial charge < -0.3 is 14.2 Å². The van der Waals surface area contributed by atoms with E-state index in [0.29, 0.717) is 31.3 Å². The number of nitrogens with zero attached hydrogens (tertiary/aromatic N) is 4. The van der Waals surface area contributed by atoms with E-state index in [1.165, 1.54) is 4.31 Å². The molecule has 25 heavy (non-hydrogen) atoms. The van der Waals surface area contributed by atoms with Crippen molar-refractivity contribution in [2.45, 2.75) is 18.1 Å². The Morgan fingerprint density at radius 2 is 2.00 bits per heavy atom. The van der Waals surface area contributed by atoms with Crippen LogP contribution in [0.15, 0.2) is 28.8 Å². The number of sulfonamides is 1. The van der Waals surface area contributed by atoms with Gasteiger partial charge in [0.15, 0.2) is 0 Å². The number of aromatic nitrogens is 2. The lowest BCUT2D eigenvalue weighted by Gasteiger charge is -2.32. The summed E-state index contributed by atoms with van der Waals surface area (Å²) in [6.45, 7) is 1.05. The zero-order valence-electron chi connectivity index (χ0n) is 14.5. The van der Waals surface area contributed by atoms with Crippen molar-refractivity contribution < 1.29 is 17.7 Å². The van der Waals surface area contributed by atoms with Gasteiger partial charge >= 0.3 is 6.01 Å². The summed E-state index contributed by atoms with van der Waals surface area (Å²) in [6, 6.07) is 7.70. The highest BCUT2D eigenvalue weighted by molar-refractivity contribution is 7.89. The van der Waals surface area contributed by atoms with Gasteiger partial charge in [0.05, 0.1) is 12.4 Å². The maximum absolute atomic E-state index is 12.4. The van der Waals surface area contributed by atoms with Crippen LogP contribution in [0, 0.1) is 0 Å². The van der Waals surface area contributed by atoms with E-state index in [1.807, 2.05) is 29.2 Å². The minimum Gasteiger partial charge on any atom is -0.497 e. The van der Waals surface area contributed by atoms with Gasteiger partial charge in [-0.3, -0.25) is 0 Å². The third-order valence-corrected chi connectivity index (χ3v) is 6.59. The number of rotatable bonds is 5. The molecule has 0 radical (unpaired) electrons. The molecule has 0 N–H and O–H groups in total. The number of hydrogen-bond acceptors (Lipinski definition) is 7. The zero-order valence-corrected chi connectivity index (χ0v) is 15.4. The normalized spacial score (nSPS) is 18.6. The van der Waals surface area contributed by atoms with E-state index in [4.69, 9.17) is 9.26 Å². The van der Waals surface area contributed by atoms with E-state index in [2.05, 4.69) is 10.1 Å². The first kappa shape index (κ1) is 17.7. The van der Waals surface area contributed by atoms with Crippen LogP contribution >= 0.6 is 0 Å². The van der Waals surface area contributed by atoms with Crippen LogP contribution in [0.1, 0.15) is 12.8 Å². The van der Waals surface area contributed by atoms with Crippen molar-refractivity contribution in [1.82, 2.24) is 14.4 Å². The molecule has 0 aliphatic carbocycles. The third-order valence-electron chi connectivity index (χ3n) is 4.34. The average molecular weight is 366 g/mol. The topological polar surface area (TPSA) is 88.8 Å². The molecule has 1 fully saturated rings. The second kappa shape index (κ2) is 7.01. The van der Waals surface area contributed by atoms with Gasteiger partial charge in [-0.1, -0.05) is 5.16 Å². The van der Waals surface area contributed by atoms with Crippen LogP contribution in [0.4, 0.5) is 6.01 Å². The van der Waals surface area contributed by atoms with Crippen LogP contribution < -0.4 is 9.64 Å². The van der Waals surface area contributed by atoms with E-state index >= 15 is 0 Å². The Kier molecular flexibility index (Phi) is 4.96. The number of anilines is 1. The number of piperidine rings is 1. The fourth-order valence-corrected chi connectivity index (χ4v) is 4.28. The molecule has 9 heteroatoms. The van der Waals surface area contributed by atoms with Crippen LogP contribution in [0.5, 0.6) is 5.75 Å². The predicted molar refractivity (Wildman–Crippen MR) is 94.1 cm³/mol. The summed E-state index contributed by atoms with van der Waals surface area (Å²) in [5.41, 5.74) is 0.810. The number of methoxy groups -OCH3 is 1. The Labute approximate surface area is 147 Å². The second-order valence-electron chi connectivity index (χ2n) is 6.17. The van der Waals surface area contributed by atoms with Crippen molar-refractivity contribution in [3.05, 3.63) is 24.3 Å². The van der Waals surface area contributed by atoms with Crippen molar-refractivity contribution in [3.8, 4) is 17.1 Å². The van der Waals surface area contributed by atoms with Gasteiger partial charge in [-0.25, -0.2) is 12.7 Å². The maximum Gasteiger partial charge on any atom is 0.324 e. The first-order valence-corrected chi connectivity index (χ1v) is 9.56. The average Bonchev–Trinajstić information content (AvgIpc) is 3.12. The summed E-state index contributed by atoms with van der Waals surface area (Å²) < 4.78 is 36.5. The fourth-order valence-electron chi connectivity index (χ4n) is 2.85. The van der Waals surface area contributed by atoms with Crippen molar-refractivity contribution in [2.24, 2.45) is 0 Å². The van der Waals surface area contributed by atoms with Crippen LogP contribution in [-0.2, 0) is 10.0 Å². The Balaban J connectivity index is 1.77. The van der Waals surface area contributed by atoms with Gasteiger partial charge in [0.2, 0.25) is 15.8 Å². The molecule has 8 nitrogen and oxygen atoms in total. The van der Waals surface area contributed by atoms with Crippen molar-refractivity contribution in [1.29, 1.82) is 0 Å². The Bertz CT molecular complexity index is 817. The molecular weight excluding hydrogens is 344 g/mol. The largest absolute Gasteiger partial charge is 0.497 e. The standard InChI is InChI=1S/C16H22N4O4S/c1-19(2)25(21,22)14-5-4-10-20(11-14)16-17-15(18-24-16)12-6-8-13(23-3)9-7-12/h6-9,14H,4-5,10-11H2,1-3H3. The van der Waals surface area contributed by atoms with Crippen LogP contribution in [0.25, 0.3) is 11.4 Å². The highest BCUT2D eigenvalue weighted by atomic mass is 32.2. The first-order valence-electron chi connectivity index (χ1n) is 8.06. The highest BCUT2D eigenvalue weighted by Crippen LogP contribution is 2.26. The molecule has 2 aromatic rings. The molecule has 3 rings (SSSR count). The van der Waals surface area contributed by atoms with Gasteiger partial charge in [-0.15, -0.1) is 0 Å². The van der Waals surface area contributed by atoms with E-state index in [1.54, 1.807) is 21.2 Å². The molecule has 1 unspecified atom stereocenters. The van der Waals surface area contributed by atoms with Crippen molar-refractivity contribution in [3.63, 3.8) is 0 Å². The SMILES string of the molecule is COc1ccc(-c2noc(N3CCCC(S(=O)(=O)N(C)C)C3)n2)cc1. The molecule has 1 aliphatic rings. The summed E-state index contributed by atoms with van der Waals surface area (Å²) in [7, 11) is 1.42. The lowest BCUT2D eigenvalue weighted by molar-refractivity contribution is 0.399. The Morgan fingerprint density at radius 1 is 1.28 bits per heavy atom. The second-order valence-corrected chi connectivity index (χ2v) is 8.59. The van der Waals surface area contributed by atoms with E-state index in [0.717, 1.165) is 17.7 Å². The molecule has 136 valence electrons. The number of benzene rings is 1. The monoisotopic (exact) mass is 366 g/mol. The van der Waals surface area contributed by atoms with Gasteiger partial charge in [0.1, 0.15) is 5.75 Å². The van der Waals surface area contributed by atoms with E-state index < -0.39 is 15.3 Å². The van der Waals surface area contributed by atoms with Crippen LogP contribution in [0.2, 0.25) is 0 Å². The van der Waals surface area contributed by atoms with Gasteiger partial charge in [0.25, 0.3) is 0 Å². The molecule has 0 bridgehead atoms. The summed E-state index contributed by atoms with van der Waals surface area (Å²) in [6.07, 6.45) is 1.40. The smallest absolute Gasteiger partial charge is 0.324 e. The number of ether oxygens (including phenoxy) is 1. The van der Waals surface area contributed by atoms with Crippen molar-refractivity contribution in [2.75, 3.05) is 39.2 Å². The minimum atomic E-state index is -3.31. The fraction of sp³-hybridized carbons (Fsp3) is 0.500. The third kappa shape index (κ3) is 3.62. The molecule has 1 saturated heterocycles. The summed E-state index contributed by atoms with van der Waals surface area (Å²) in [4.78, 5) is 6.26. The van der Waals surface area contributed by atoms with E-state index in [9.17, 15) is 8.42 Å². The molecule has 0 spiro atoms. The lowest BCUT2D eigenvalue weighted by atomic mass is 10.1. The summed E-state index contributed by atoms with van der Waals surface area (Å²) in [5.74, 6) is 1.22. The van der Waals surface area contributed by atoms with Crippen LogP contribution in [-0.4, -0.2) is 62.4 Å². The lowest BCUT2D eigenvalue weighted by Crippen LogP contribution is -2.46.